The van der Waals surface area contributed by atoms with Crippen LogP contribution in [-0.4, -0.2) is 52.7 Å². The number of rotatable bonds is 5. The molecule has 1 aromatic carbocycles. The Labute approximate surface area is 179 Å². The van der Waals surface area contributed by atoms with E-state index >= 15 is 0 Å². The predicted molar refractivity (Wildman–Crippen MR) is 114 cm³/mol. The standard InChI is InChI=1S/C23H22N4O4/c1-29-18-8-7-15(13-20(18)30-2)23(28)26-11-9-16(14-26)27-21-17(5-3-10-24-21)25-22(27)19-6-4-12-31-19/h3-8,10,12-13,16H,9,11,14H2,1-2H3. The van der Waals surface area contributed by atoms with Crippen molar-refractivity contribution in [2.75, 3.05) is 27.3 Å². The van der Waals surface area contributed by atoms with Gasteiger partial charge in [0.1, 0.15) is 5.52 Å². The molecule has 3 aromatic heterocycles. The molecule has 158 valence electrons. The molecular weight excluding hydrogens is 396 g/mol. The lowest BCUT2D eigenvalue weighted by Crippen LogP contribution is -2.29. The molecule has 8 nitrogen and oxygen atoms in total. The summed E-state index contributed by atoms with van der Waals surface area (Å²) in [5, 5.41) is 0. The zero-order chi connectivity index (χ0) is 21.4. The highest BCUT2D eigenvalue weighted by molar-refractivity contribution is 5.95. The Kier molecular flexibility index (Phi) is 4.82. The van der Waals surface area contributed by atoms with E-state index in [4.69, 9.17) is 18.9 Å². The molecule has 1 saturated heterocycles. The van der Waals surface area contributed by atoms with Crippen LogP contribution in [-0.2, 0) is 0 Å². The Bertz CT molecular complexity index is 1230. The summed E-state index contributed by atoms with van der Waals surface area (Å²) in [4.78, 5) is 24.3. The highest BCUT2D eigenvalue weighted by atomic mass is 16.5. The molecule has 0 spiro atoms. The third-order valence-electron chi connectivity index (χ3n) is 5.64. The molecule has 1 aliphatic rings. The summed E-state index contributed by atoms with van der Waals surface area (Å²) in [6.45, 7) is 1.20. The van der Waals surface area contributed by atoms with Crippen LogP contribution in [0.5, 0.6) is 11.5 Å². The molecular formula is C23H22N4O4. The van der Waals surface area contributed by atoms with E-state index in [1.54, 1.807) is 44.9 Å². The van der Waals surface area contributed by atoms with Gasteiger partial charge in [0.15, 0.2) is 28.7 Å². The number of likely N-dealkylation sites (tertiary alicyclic amines) is 1. The monoisotopic (exact) mass is 418 g/mol. The molecule has 0 bridgehead atoms. The Hall–Kier alpha value is -3.81. The number of imidazole rings is 1. The Balaban J connectivity index is 1.46. The minimum Gasteiger partial charge on any atom is -0.493 e. The highest BCUT2D eigenvalue weighted by Crippen LogP contribution is 2.34. The summed E-state index contributed by atoms with van der Waals surface area (Å²) in [6, 6.07) is 12.8. The lowest BCUT2D eigenvalue weighted by Gasteiger charge is -2.19. The summed E-state index contributed by atoms with van der Waals surface area (Å²) in [7, 11) is 3.13. The first kappa shape index (κ1) is 19.2. The highest BCUT2D eigenvalue weighted by Gasteiger charge is 2.32. The van der Waals surface area contributed by atoms with Crippen LogP contribution in [0.1, 0.15) is 22.8 Å². The van der Waals surface area contributed by atoms with Crippen LogP contribution < -0.4 is 9.47 Å². The van der Waals surface area contributed by atoms with E-state index in [1.807, 2.05) is 29.2 Å². The molecule has 8 heteroatoms. The van der Waals surface area contributed by atoms with Crippen molar-refractivity contribution in [3.8, 4) is 23.1 Å². The lowest BCUT2D eigenvalue weighted by molar-refractivity contribution is 0.0787. The van der Waals surface area contributed by atoms with Crippen molar-refractivity contribution < 1.29 is 18.7 Å². The minimum atomic E-state index is -0.0413. The number of carbonyl (C=O) groups excluding carboxylic acids is 1. The third kappa shape index (κ3) is 3.30. The van der Waals surface area contributed by atoms with Crippen LogP contribution in [0.3, 0.4) is 0 Å². The number of benzene rings is 1. The van der Waals surface area contributed by atoms with Crippen molar-refractivity contribution in [1.82, 2.24) is 19.4 Å². The molecule has 4 aromatic rings. The molecule has 0 saturated carbocycles. The normalized spacial score (nSPS) is 16.1. The molecule has 0 aliphatic carbocycles. The number of hydrogen-bond donors (Lipinski definition) is 0. The van der Waals surface area contributed by atoms with Crippen LogP contribution in [0.25, 0.3) is 22.7 Å². The summed E-state index contributed by atoms with van der Waals surface area (Å²) in [5.41, 5.74) is 2.16. The van der Waals surface area contributed by atoms with Gasteiger partial charge in [-0.1, -0.05) is 0 Å². The number of methoxy groups -OCH3 is 2. The number of furan rings is 1. The van der Waals surface area contributed by atoms with Gasteiger partial charge in [0.2, 0.25) is 0 Å². The fourth-order valence-corrected chi connectivity index (χ4v) is 4.14. The average Bonchev–Trinajstić information content (AvgIpc) is 3.56. The molecule has 1 amide bonds. The molecule has 0 radical (unpaired) electrons. The first-order chi connectivity index (χ1) is 15.2. The van der Waals surface area contributed by atoms with Crippen LogP contribution in [0.4, 0.5) is 0 Å². The number of nitrogens with zero attached hydrogens (tertiary/aromatic N) is 4. The second kappa shape index (κ2) is 7.79. The maximum absolute atomic E-state index is 13.2. The molecule has 4 heterocycles. The van der Waals surface area contributed by atoms with Gasteiger partial charge in [-0.3, -0.25) is 4.79 Å². The fraction of sp³-hybridized carbons (Fsp3) is 0.261. The Morgan fingerprint density at radius 3 is 2.77 bits per heavy atom. The van der Waals surface area contributed by atoms with Crippen LogP contribution >= 0.6 is 0 Å². The Morgan fingerprint density at radius 2 is 2.00 bits per heavy atom. The number of pyridine rings is 1. The lowest BCUT2D eigenvalue weighted by atomic mass is 10.1. The van der Waals surface area contributed by atoms with Gasteiger partial charge in [-0.15, -0.1) is 0 Å². The number of hydrogen-bond acceptors (Lipinski definition) is 6. The van der Waals surface area contributed by atoms with Crippen molar-refractivity contribution in [2.45, 2.75) is 12.5 Å². The second-order valence-corrected chi connectivity index (χ2v) is 7.39. The Morgan fingerprint density at radius 1 is 1.13 bits per heavy atom. The smallest absolute Gasteiger partial charge is 0.254 e. The molecule has 1 aliphatic heterocycles. The van der Waals surface area contributed by atoms with Gasteiger partial charge in [-0.05, 0) is 48.9 Å². The predicted octanol–water partition coefficient (Wildman–Crippen LogP) is 3.80. The summed E-state index contributed by atoms with van der Waals surface area (Å²) in [6.07, 6.45) is 4.19. The van der Waals surface area contributed by atoms with Gasteiger partial charge in [-0.25, -0.2) is 9.97 Å². The minimum absolute atomic E-state index is 0.0413. The van der Waals surface area contributed by atoms with E-state index in [9.17, 15) is 4.79 Å². The van der Waals surface area contributed by atoms with Gasteiger partial charge in [-0.2, -0.15) is 0 Å². The number of ether oxygens (including phenoxy) is 2. The molecule has 0 N–H and O–H groups in total. The van der Waals surface area contributed by atoms with E-state index in [2.05, 4.69) is 9.55 Å². The summed E-state index contributed by atoms with van der Waals surface area (Å²) >= 11 is 0. The maximum atomic E-state index is 13.2. The maximum Gasteiger partial charge on any atom is 0.254 e. The van der Waals surface area contributed by atoms with Crippen LogP contribution in [0.2, 0.25) is 0 Å². The van der Waals surface area contributed by atoms with Crippen LogP contribution in [0, 0.1) is 0 Å². The molecule has 1 atom stereocenters. The van der Waals surface area contributed by atoms with Gasteiger partial charge >= 0.3 is 0 Å². The number of carbonyl (C=O) groups is 1. The largest absolute Gasteiger partial charge is 0.493 e. The topological polar surface area (TPSA) is 82.6 Å². The van der Waals surface area contributed by atoms with Crippen molar-refractivity contribution in [2.24, 2.45) is 0 Å². The first-order valence-corrected chi connectivity index (χ1v) is 10.1. The SMILES string of the molecule is COc1ccc(C(=O)N2CCC(n3c(-c4ccco4)nc4cccnc43)C2)cc1OC. The van der Waals surface area contributed by atoms with Crippen molar-refractivity contribution in [3.05, 3.63) is 60.5 Å². The molecule has 5 rings (SSSR count). The van der Waals surface area contributed by atoms with Crippen LogP contribution in [0.15, 0.2) is 59.3 Å². The zero-order valence-corrected chi connectivity index (χ0v) is 17.3. The summed E-state index contributed by atoms with van der Waals surface area (Å²) < 4.78 is 18.3. The molecule has 1 fully saturated rings. The second-order valence-electron chi connectivity index (χ2n) is 7.39. The summed E-state index contributed by atoms with van der Waals surface area (Å²) in [5.74, 6) is 2.50. The fourth-order valence-electron chi connectivity index (χ4n) is 4.14. The van der Waals surface area contributed by atoms with E-state index in [-0.39, 0.29) is 11.9 Å². The van der Waals surface area contributed by atoms with Crippen molar-refractivity contribution in [1.29, 1.82) is 0 Å². The van der Waals surface area contributed by atoms with E-state index < -0.39 is 0 Å². The average molecular weight is 418 g/mol. The van der Waals surface area contributed by atoms with E-state index in [0.29, 0.717) is 35.9 Å². The van der Waals surface area contributed by atoms with Gasteiger partial charge < -0.3 is 23.4 Å². The van der Waals surface area contributed by atoms with Crippen molar-refractivity contribution >= 4 is 17.1 Å². The first-order valence-electron chi connectivity index (χ1n) is 10.1. The molecule has 1 unspecified atom stereocenters. The van der Waals surface area contributed by atoms with Gasteiger partial charge in [0.25, 0.3) is 5.91 Å². The van der Waals surface area contributed by atoms with Gasteiger partial charge in [0.05, 0.1) is 26.5 Å². The molecule has 31 heavy (non-hydrogen) atoms. The number of amides is 1. The van der Waals surface area contributed by atoms with Gasteiger partial charge in [0, 0.05) is 24.8 Å². The quantitative estimate of drug-likeness (QED) is 0.490. The third-order valence-corrected chi connectivity index (χ3v) is 5.64. The zero-order valence-electron chi connectivity index (χ0n) is 17.3. The number of fused-ring (bicyclic) bond motifs is 1. The van der Waals surface area contributed by atoms with Crippen molar-refractivity contribution in [3.63, 3.8) is 0 Å². The van der Waals surface area contributed by atoms with E-state index in [0.717, 1.165) is 23.4 Å². The van der Waals surface area contributed by atoms with E-state index in [1.165, 1.54) is 0 Å². The number of aromatic nitrogens is 3.